The number of halogens is 4. The molecule has 7 heteroatoms. The van der Waals surface area contributed by atoms with Crippen molar-refractivity contribution in [3.05, 3.63) is 31.6 Å². The molecule has 1 aromatic rings. The van der Waals surface area contributed by atoms with Gasteiger partial charge in [0.1, 0.15) is 29.2 Å². The minimum atomic E-state index is 0.177. The van der Waals surface area contributed by atoms with Crippen molar-refractivity contribution in [2.24, 2.45) is 5.73 Å². The van der Waals surface area contributed by atoms with Crippen LogP contribution in [0, 0.1) is 0 Å². The fourth-order valence-corrected chi connectivity index (χ4v) is 2.62. The smallest absolute Gasteiger partial charge is 0.147 e. The Bertz CT molecular complexity index is 414. The lowest BCUT2D eigenvalue weighted by molar-refractivity contribution is 0.321. The van der Waals surface area contributed by atoms with Crippen LogP contribution in [0.4, 0.5) is 0 Å². The maximum Gasteiger partial charge on any atom is 0.147 e. The van der Waals surface area contributed by atoms with Crippen LogP contribution in [-0.2, 0) is 0 Å². The molecule has 0 amide bonds. The molecule has 0 spiro atoms. The molecule has 0 unspecified atom stereocenters. The molecule has 0 aliphatic rings. The fourth-order valence-electron chi connectivity index (χ4n) is 1.12. The van der Waals surface area contributed by atoms with E-state index in [2.05, 4.69) is 31.9 Å². The van der Waals surface area contributed by atoms with E-state index in [9.17, 15) is 0 Å². The van der Waals surface area contributed by atoms with E-state index in [1.165, 1.54) is 0 Å². The first kappa shape index (κ1) is 16.1. The molecule has 0 saturated carbocycles. The van der Waals surface area contributed by atoms with Gasteiger partial charge in [-0.1, -0.05) is 23.2 Å². The molecule has 18 heavy (non-hydrogen) atoms. The van der Waals surface area contributed by atoms with Gasteiger partial charge < -0.3 is 15.2 Å². The van der Waals surface area contributed by atoms with E-state index in [-0.39, 0.29) is 4.49 Å². The third-order valence-electron chi connectivity index (χ3n) is 1.82. The van der Waals surface area contributed by atoms with E-state index < -0.39 is 0 Å². The van der Waals surface area contributed by atoms with Crippen LogP contribution < -0.4 is 15.2 Å². The summed E-state index contributed by atoms with van der Waals surface area (Å²) in [6, 6.07) is 3.60. The number of hydrogen-bond donors (Lipinski definition) is 1. The van der Waals surface area contributed by atoms with Gasteiger partial charge in [0.25, 0.3) is 0 Å². The van der Waals surface area contributed by atoms with Gasteiger partial charge in [0.05, 0.1) is 8.95 Å². The van der Waals surface area contributed by atoms with Gasteiger partial charge in [-0.15, -0.1) is 0 Å². The first-order valence-electron chi connectivity index (χ1n) is 5.00. The minimum absolute atomic E-state index is 0.177. The number of ether oxygens (including phenoxy) is 2. The molecule has 2 N–H and O–H groups in total. The van der Waals surface area contributed by atoms with Crippen molar-refractivity contribution < 1.29 is 9.47 Å². The largest absolute Gasteiger partial charge is 0.490 e. The predicted molar refractivity (Wildman–Crippen MR) is 81.7 cm³/mol. The first-order chi connectivity index (χ1) is 8.54. The average Bonchev–Trinajstić information content (AvgIpc) is 2.27. The lowest BCUT2D eigenvalue weighted by atomic mass is 10.3. The lowest BCUT2D eigenvalue weighted by Crippen LogP contribution is -2.11. The van der Waals surface area contributed by atoms with Crippen molar-refractivity contribution in [1.82, 2.24) is 0 Å². The van der Waals surface area contributed by atoms with E-state index >= 15 is 0 Å². The van der Waals surface area contributed by atoms with Crippen LogP contribution >= 0.6 is 55.1 Å². The van der Waals surface area contributed by atoms with Crippen molar-refractivity contribution in [2.45, 2.75) is 0 Å². The SMILES string of the molecule is NCCOc1c(Br)cc(OCC=C(Cl)Cl)cc1Br. The summed E-state index contributed by atoms with van der Waals surface area (Å²) in [4.78, 5) is 0. The summed E-state index contributed by atoms with van der Waals surface area (Å²) in [6.07, 6.45) is 1.56. The molecule has 0 bridgehead atoms. The molecular weight excluding hydrogens is 409 g/mol. The quantitative estimate of drug-likeness (QED) is 0.749. The van der Waals surface area contributed by atoms with Gasteiger partial charge in [0, 0.05) is 6.54 Å². The van der Waals surface area contributed by atoms with Crippen LogP contribution in [0.1, 0.15) is 0 Å². The molecule has 0 aliphatic carbocycles. The minimum Gasteiger partial charge on any atom is -0.490 e. The highest BCUT2D eigenvalue weighted by atomic mass is 79.9. The van der Waals surface area contributed by atoms with Gasteiger partial charge >= 0.3 is 0 Å². The summed E-state index contributed by atoms with van der Waals surface area (Å²) in [6.45, 7) is 1.20. The Kier molecular flexibility index (Phi) is 7.41. The molecule has 1 aromatic carbocycles. The molecule has 0 aromatic heterocycles. The van der Waals surface area contributed by atoms with Crippen LogP contribution in [0.2, 0.25) is 0 Å². The zero-order valence-corrected chi connectivity index (χ0v) is 13.9. The molecule has 0 aliphatic heterocycles. The maximum atomic E-state index is 5.49. The van der Waals surface area contributed by atoms with Crippen molar-refractivity contribution in [1.29, 1.82) is 0 Å². The molecular formula is C11H11Br2Cl2NO2. The summed E-state index contributed by atoms with van der Waals surface area (Å²) in [7, 11) is 0. The number of rotatable bonds is 6. The molecule has 0 saturated heterocycles. The molecule has 0 heterocycles. The van der Waals surface area contributed by atoms with Gasteiger partial charge in [-0.25, -0.2) is 0 Å². The summed E-state index contributed by atoms with van der Waals surface area (Å²) in [5, 5.41) is 0. The van der Waals surface area contributed by atoms with Crippen LogP contribution in [0.5, 0.6) is 11.5 Å². The van der Waals surface area contributed by atoms with Crippen molar-refractivity contribution in [3.8, 4) is 11.5 Å². The zero-order valence-electron chi connectivity index (χ0n) is 9.26. The predicted octanol–water partition coefficient (Wildman–Crippen LogP) is 4.25. The standard InChI is InChI=1S/C11H11Br2Cl2NO2/c12-8-5-7(17-3-1-10(14)15)6-9(13)11(8)18-4-2-16/h1,5-6H,2-4,16H2. The van der Waals surface area contributed by atoms with Crippen LogP contribution in [0.15, 0.2) is 31.6 Å². The van der Waals surface area contributed by atoms with Gasteiger partial charge in [0.15, 0.2) is 0 Å². The molecule has 0 fully saturated rings. The van der Waals surface area contributed by atoms with Crippen LogP contribution in [-0.4, -0.2) is 19.8 Å². The van der Waals surface area contributed by atoms with E-state index in [4.69, 9.17) is 38.4 Å². The molecule has 3 nitrogen and oxygen atoms in total. The van der Waals surface area contributed by atoms with Gasteiger partial charge in [-0.2, -0.15) is 0 Å². The summed E-state index contributed by atoms with van der Waals surface area (Å²) in [5.41, 5.74) is 5.39. The molecule has 0 atom stereocenters. The zero-order chi connectivity index (χ0) is 13.5. The number of nitrogens with two attached hydrogens (primary N) is 1. The third kappa shape index (κ3) is 5.36. The summed E-state index contributed by atoms with van der Waals surface area (Å²) < 4.78 is 12.7. The highest BCUT2D eigenvalue weighted by molar-refractivity contribution is 9.11. The van der Waals surface area contributed by atoms with E-state index in [1.54, 1.807) is 18.2 Å². The second kappa shape index (κ2) is 8.27. The van der Waals surface area contributed by atoms with Crippen LogP contribution in [0.3, 0.4) is 0 Å². The summed E-state index contributed by atoms with van der Waals surface area (Å²) >= 11 is 17.8. The van der Waals surface area contributed by atoms with Gasteiger partial charge in [0.2, 0.25) is 0 Å². The third-order valence-corrected chi connectivity index (χ3v) is 3.31. The Balaban J connectivity index is 2.76. The first-order valence-corrected chi connectivity index (χ1v) is 7.34. The normalized spacial score (nSPS) is 10.1. The van der Waals surface area contributed by atoms with E-state index in [0.29, 0.717) is 31.3 Å². The van der Waals surface area contributed by atoms with E-state index in [0.717, 1.165) is 8.95 Å². The van der Waals surface area contributed by atoms with Crippen molar-refractivity contribution >= 4 is 55.1 Å². The number of benzene rings is 1. The fraction of sp³-hybridized carbons (Fsp3) is 0.273. The van der Waals surface area contributed by atoms with Crippen molar-refractivity contribution in [2.75, 3.05) is 19.8 Å². The molecule has 1 rings (SSSR count). The number of hydrogen-bond acceptors (Lipinski definition) is 3. The lowest BCUT2D eigenvalue weighted by Gasteiger charge is -2.11. The Morgan fingerprint density at radius 3 is 2.33 bits per heavy atom. The molecule has 0 radical (unpaired) electrons. The Morgan fingerprint density at radius 2 is 1.83 bits per heavy atom. The topological polar surface area (TPSA) is 44.5 Å². The van der Waals surface area contributed by atoms with Gasteiger partial charge in [-0.3, -0.25) is 0 Å². The summed E-state index contributed by atoms with van der Waals surface area (Å²) in [5.74, 6) is 1.36. The maximum absolute atomic E-state index is 5.49. The average molecular weight is 420 g/mol. The highest BCUT2D eigenvalue weighted by Gasteiger charge is 2.09. The second-order valence-electron chi connectivity index (χ2n) is 3.16. The Hall–Kier alpha value is 0.0600. The Morgan fingerprint density at radius 1 is 1.22 bits per heavy atom. The van der Waals surface area contributed by atoms with Crippen molar-refractivity contribution in [3.63, 3.8) is 0 Å². The monoisotopic (exact) mass is 417 g/mol. The van der Waals surface area contributed by atoms with Gasteiger partial charge in [-0.05, 0) is 50.1 Å². The second-order valence-corrected chi connectivity index (χ2v) is 5.87. The highest BCUT2D eigenvalue weighted by Crippen LogP contribution is 2.37. The van der Waals surface area contributed by atoms with E-state index in [1.807, 2.05) is 0 Å². The molecule has 100 valence electrons. The van der Waals surface area contributed by atoms with Crippen LogP contribution in [0.25, 0.3) is 0 Å². The Labute approximate surface area is 132 Å².